The number of nitrogens with two attached hydrogens (primary N) is 1. The molecule has 4 heteroatoms. The predicted octanol–water partition coefficient (Wildman–Crippen LogP) is 3.93. The van der Waals surface area contributed by atoms with Gasteiger partial charge in [-0.1, -0.05) is 41.7 Å². The van der Waals surface area contributed by atoms with E-state index < -0.39 is 0 Å². The van der Waals surface area contributed by atoms with Gasteiger partial charge < -0.3 is 5.73 Å². The standard InChI is InChI=1S/C10H12Cl3N/c1-2-8(14)4-6-3-7(11)5-9(12)10(6)13/h3,5,8H,2,4,14H2,1H3. The summed E-state index contributed by atoms with van der Waals surface area (Å²) in [7, 11) is 0. The van der Waals surface area contributed by atoms with Crippen molar-refractivity contribution in [2.75, 3.05) is 0 Å². The van der Waals surface area contributed by atoms with Gasteiger partial charge in [0.05, 0.1) is 10.0 Å². The molecule has 1 rings (SSSR count). The summed E-state index contributed by atoms with van der Waals surface area (Å²) in [6.07, 6.45) is 1.61. The van der Waals surface area contributed by atoms with Crippen LogP contribution < -0.4 is 5.73 Å². The monoisotopic (exact) mass is 251 g/mol. The normalized spacial score (nSPS) is 12.9. The lowest BCUT2D eigenvalue weighted by atomic mass is 10.0. The summed E-state index contributed by atoms with van der Waals surface area (Å²) in [5.41, 5.74) is 6.74. The summed E-state index contributed by atoms with van der Waals surface area (Å²) in [4.78, 5) is 0. The molecule has 0 bridgehead atoms. The third kappa shape index (κ3) is 3.03. The van der Waals surface area contributed by atoms with E-state index in [2.05, 4.69) is 0 Å². The van der Waals surface area contributed by atoms with Gasteiger partial charge >= 0.3 is 0 Å². The average Bonchev–Trinajstić information content (AvgIpc) is 2.13. The van der Waals surface area contributed by atoms with E-state index in [4.69, 9.17) is 40.5 Å². The maximum atomic E-state index is 6.02. The highest BCUT2D eigenvalue weighted by molar-refractivity contribution is 6.43. The first kappa shape index (κ1) is 12.1. The Morgan fingerprint density at radius 1 is 1.29 bits per heavy atom. The van der Waals surface area contributed by atoms with Gasteiger partial charge in [0.25, 0.3) is 0 Å². The smallest absolute Gasteiger partial charge is 0.0625 e. The number of halogens is 3. The maximum absolute atomic E-state index is 6.02. The molecule has 0 aliphatic heterocycles. The van der Waals surface area contributed by atoms with Gasteiger partial charge in [0.1, 0.15) is 0 Å². The Morgan fingerprint density at radius 2 is 1.93 bits per heavy atom. The second kappa shape index (κ2) is 5.22. The van der Waals surface area contributed by atoms with E-state index in [1.807, 2.05) is 13.0 Å². The predicted molar refractivity (Wildman–Crippen MR) is 63.4 cm³/mol. The summed E-state index contributed by atoms with van der Waals surface area (Å²) in [6.45, 7) is 2.03. The third-order valence-electron chi connectivity index (χ3n) is 2.07. The van der Waals surface area contributed by atoms with Crippen molar-refractivity contribution in [3.05, 3.63) is 32.8 Å². The topological polar surface area (TPSA) is 26.0 Å². The van der Waals surface area contributed by atoms with Crippen LogP contribution in [-0.2, 0) is 6.42 Å². The van der Waals surface area contributed by atoms with E-state index in [0.29, 0.717) is 21.5 Å². The van der Waals surface area contributed by atoms with Gasteiger partial charge in [-0.25, -0.2) is 0 Å². The minimum absolute atomic E-state index is 0.0991. The number of rotatable bonds is 3. The van der Waals surface area contributed by atoms with E-state index in [1.165, 1.54) is 0 Å². The van der Waals surface area contributed by atoms with E-state index in [9.17, 15) is 0 Å². The minimum atomic E-state index is 0.0991. The van der Waals surface area contributed by atoms with E-state index in [-0.39, 0.29) is 6.04 Å². The first-order chi connectivity index (χ1) is 6.54. The molecule has 0 aliphatic carbocycles. The number of hydrogen-bond acceptors (Lipinski definition) is 1. The number of benzene rings is 1. The van der Waals surface area contributed by atoms with Crippen molar-refractivity contribution in [3.8, 4) is 0 Å². The van der Waals surface area contributed by atoms with E-state index in [1.54, 1.807) is 6.07 Å². The van der Waals surface area contributed by atoms with Crippen LogP contribution in [0.25, 0.3) is 0 Å². The van der Waals surface area contributed by atoms with Crippen LogP contribution >= 0.6 is 34.8 Å². The Balaban J connectivity index is 2.96. The summed E-state index contributed by atoms with van der Waals surface area (Å²) >= 11 is 17.8. The molecule has 1 atom stereocenters. The van der Waals surface area contributed by atoms with E-state index in [0.717, 1.165) is 12.0 Å². The summed E-state index contributed by atoms with van der Waals surface area (Å²) in [5.74, 6) is 0. The Hall–Kier alpha value is 0.0500. The summed E-state index contributed by atoms with van der Waals surface area (Å²) in [6, 6.07) is 3.54. The second-order valence-electron chi connectivity index (χ2n) is 3.23. The molecule has 0 amide bonds. The highest BCUT2D eigenvalue weighted by Gasteiger charge is 2.09. The van der Waals surface area contributed by atoms with Gasteiger partial charge in [0.2, 0.25) is 0 Å². The first-order valence-corrected chi connectivity index (χ1v) is 5.57. The van der Waals surface area contributed by atoms with Crippen LogP contribution in [0.5, 0.6) is 0 Å². The molecule has 0 fully saturated rings. The molecular weight excluding hydrogens is 240 g/mol. The third-order valence-corrected chi connectivity index (χ3v) is 3.13. The fourth-order valence-corrected chi connectivity index (χ4v) is 1.91. The molecule has 1 aromatic rings. The zero-order chi connectivity index (χ0) is 10.7. The molecule has 0 aliphatic rings. The van der Waals surface area contributed by atoms with Crippen LogP contribution in [-0.4, -0.2) is 6.04 Å². The SMILES string of the molecule is CCC(N)Cc1cc(Cl)cc(Cl)c1Cl. The molecule has 0 saturated carbocycles. The van der Waals surface area contributed by atoms with Crippen molar-refractivity contribution < 1.29 is 0 Å². The van der Waals surface area contributed by atoms with Crippen molar-refractivity contribution in [1.29, 1.82) is 0 Å². The molecule has 0 spiro atoms. The second-order valence-corrected chi connectivity index (χ2v) is 4.45. The van der Waals surface area contributed by atoms with Gasteiger partial charge in [0.15, 0.2) is 0 Å². The van der Waals surface area contributed by atoms with Crippen molar-refractivity contribution in [2.45, 2.75) is 25.8 Å². The zero-order valence-electron chi connectivity index (χ0n) is 7.86. The molecule has 1 nitrogen and oxygen atoms in total. The largest absolute Gasteiger partial charge is 0.327 e. The minimum Gasteiger partial charge on any atom is -0.327 e. The molecule has 78 valence electrons. The van der Waals surface area contributed by atoms with Crippen LogP contribution in [0.1, 0.15) is 18.9 Å². The molecular formula is C10H12Cl3N. The van der Waals surface area contributed by atoms with Crippen LogP contribution in [0.2, 0.25) is 15.1 Å². The summed E-state index contributed by atoms with van der Waals surface area (Å²) in [5, 5.41) is 1.63. The molecule has 0 heterocycles. The van der Waals surface area contributed by atoms with Gasteiger partial charge in [0, 0.05) is 11.1 Å². The molecule has 0 aromatic heterocycles. The maximum Gasteiger partial charge on any atom is 0.0625 e. The Labute approximate surface area is 99.1 Å². The van der Waals surface area contributed by atoms with Gasteiger partial charge in [-0.05, 0) is 30.5 Å². The first-order valence-electron chi connectivity index (χ1n) is 4.43. The Morgan fingerprint density at radius 3 is 2.50 bits per heavy atom. The lowest BCUT2D eigenvalue weighted by molar-refractivity contribution is 0.646. The van der Waals surface area contributed by atoms with Crippen LogP contribution in [0.3, 0.4) is 0 Å². The van der Waals surface area contributed by atoms with Crippen LogP contribution in [0.4, 0.5) is 0 Å². The quantitative estimate of drug-likeness (QED) is 0.811. The van der Waals surface area contributed by atoms with Gasteiger partial charge in [-0.15, -0.1) is 0 Å². The lowest BCUT2D eigenvalue weighted by Crippen LogP contribution is -2.21. The van der Waals surface area contributed by atoms with Gasteiger partial charge in [-0.2, -0.15) is 0 Å². The van der Waals surface area contributed by atoms with Gasteiger partial charge in [-0.3, -0.25) is 0 Å². The number of hydrogen-bond donors (Lipinski definition) is 1. The van der Waals surface area contributed by atoms with Crippen LogP contribution in [0, 0.1) is 0 Å². The van der Waals surface area contributed by atoms with Crippen molar-refractivity contribution in [2.24, 2.45) is 5.73 Å². The van der Waals surface area contributed by atoms with E-state index >= 15 is 0 Å². The van der Waals surface area contributed by atoms with Crippen molar-refractivity contribution in [3.63, 3.8) is 0 Å². The molecule has 2 N–H and O–H groups in total. The highest BCUT2D eigenvalue weighted by atomic mass is 35.5. The lowest BCUT2D eigenvalue weighted by Gasteiger charge is -2.11. The molecule has 1 unspecified atom stereocenters. The van der Waals surface area contributed by atoms with Crippen LogP contribution in [0.15, 0.2) is 12.1 Å². The molecule has 0 radical (unpaired) electrons. The Bertz CT molecular complexity index is 325. The fraction of sp³-hybridized carbons (Fsp3) is 0.400. The average molecular weight is 253 g/mol. The summed E-state index contributed by atoms with van der Waals surface area (Å²) < 4.78 is 0. The fourth-order valence-electron chi connectivity index (χ4n) is 1.18. The van der Waals surface area contributed by atoms with Crippen molar-refractivity contribution in [1.82, 2.24) is 0 Å². The highest BCUT2D eigenvalue weighted by Crippen LogP contribution is 2.30. The molecule has 14 heavy (non-hydrogen) atoms. The van der Waals surface area contributed by atoms with Crippen molar-refractivity contribution >= 4 is 34.8 Å². The molecule has 1 aromatic carbocycles. The zero-order valence-corrected chi connectivity index (χ0v) is 10.1. The Kier molecular flexibility index (Phi) is 4.52. The molecule has 0 saturated heterocycles.